The van der Waals surface area contributed by atoms with E-state index in [1.807, 2.05) is 6.07 Å². The van der Waals surface area contributed by atoms with Crippen molar-refractivity contribution in [2.45, 2.75) is 25.9 Å². The lowest BCUT2D eigenvalue weighted by Gasteiger charge is -2.32. The molecule has 2 heterocycles. The van der Waals surface area contributed by atoms with Gasteiger partial charge in [-0.2, -0.15) is 0 Å². The zero-order valence-corrected chi connectivity index (χ0v) is 21.6. The number of methoxy groups -OCH3 is 1. The first-order valence-electron chi connectivity index (χ1n) is 12.1. The Hall–Kier alpha value is -3.21. The van der Waals surface area contributed by atoms with E-state index in [2.05, 4.69) is 20.2 Å². The van der Waals surface area contributed by atoms with Crippen LogP contribution in [0.25, 0.3) is 10.9 Å². The van der Waals surface area contributed by atoms with Crippen LogP contribution < -0.4 is 14.8 Å². The van der Waals surface area contributed by atoms with Crippen LogP contribution in [-0.2, 0) is 14.3 Å². The molecule has 1 N–H and O–H groups in total. The number of esters is 1. The van der Waals surface area contributed by atoms with E-state index >= 15 is 0 Å². The van der Waals surface area contributed by atoms with Gasteiger partial charge >= 0.3 is 5.97 Å². The number of rotatable bonds is 11. The predicted molar refractivity (Wildman–Crippen MR) is 138 cm³/mol. The Kier molecular flexibility index (Phi) is 9.32. The third-order valence-electron chi connectivity index (χ3n) is 5.92. The number of nitrogens with one attached hydrogen (secondary N) is 1. The van der Waals surface area contributed by atoms with Gasteiger partial charge in [-0.1, -0.05) is 18.5 Å². The molecule has 3 aromatic rings. The monoisotopic (exact) mass is 532 g/mol. The summed E-state index contributed by atoms with van der Waals surface area (Å²) in [5.41, 5.74) is 1.26. The maximum atomic E-state index is 13.5. The predicted octanol–water partition coefficient (Wildman–Crippen LogP) is 4.60. The Balaban J connectivity index is 1.38. The lowest BCUT2D eigenvalue weighted by molar-refractivity contribution is -0.150. The van der Waals surface area contributed by atoms with Gasteiger partial charge in [-0.3, -0.25) is 9.69 Å². The molecule has 1 aliphatic heterocycles. The van der Waals surface area contributed by atoms with Crippen LogP contribution in [0.3, 0.4) is 0 Å². The van der Waals surface area contributed by atoms with E-state index in [0.29, 0.717) is 54.7 Å². The van der Waals surface area contributed by atoms with E-state index in [0.717, 1.165) is 24.9 Å². The van der Waals surface area contributed by atoms with Crippen LogP contribution in [0, 0.1) is 5.82 Å². The number of ether oxygens (including phenoxy) is 4. The van der Waals surface area contributed by atoms with Crippen molar-refractivity contribution >= 4 is 40.0 Å². The molecule has 0 radical (unpaired) electrons. The molecule has 0 amide bonds. The molecular formula is C26H30ClFN4O5. The van der Waals surface area contributed by atoms with Crippen LogP contribution in [0.1, 0.15) is 19.8 Å². The van der Waals surface area contributed by atoms with Crippen molar-refractivity contribution in [3.8, 4) is 11.5 Å². The Bertz CT molecular complexity index is 1230. The molecule has 1 aromatic heterocycles. The minimum Gasteiger partial charge on any atom is -0.493 e. The maximum Gasteiger partial charge on any atom is 0.305 e. The number of hydrogen-bond donors (Lipinski definition) is 1. The van der Waals surface area contributed by atoms with Crippen molar-refractivity contribution in [1.82, 2.24) is 14.9 Å². The van der Waals surface area contributed by atoms with Crippen LogP contribution in [0.5, 0.6) is 11.5 Å². The first-order valence-corrected chi connectivity index (χ1v) is 12.5. The van der Waals surface area contributed by atoms with Gasteiger partial charge in [-0.05, 0) is 30.7 Å². The number of fused-ring (bicyclic) bond motifs is 1. The van der Waals surface area contributed by atoms with Crippen molar-refractivity contribution in [1.29, 1.82) is 0 Å². The molecule has 0 bridgehead atoms. The molecule has 2 aromatic carbocycles. The van der Waals surface area contributed by atoms with Gasteiger partial charge in [-0.25, -0.2) is 14.4 Å². The summed E-state index contributed by atoms with van der Waals surface area (Å²) in [5.74, 6) is 0.946. The van der Waals surface area contributed by atoms with Crippen molar-refractivity contribution in [3.63, 3.8) is 0 Å². The first-order chi connectivity index (χ1) is 18.0. The number of anilines is 2. The fourth-order valence-corrected chi connectivity index (χ4v) is 4.17. The molecule has 1 atom stereocenters. The van der Waals surface area contributed by atoms with Crippen molar-refractivity contribution < 1.29 is 28.1 Å². The van der Waals surface area contributed by atoms with Gasteiger partial charge in [-0.15, -0.1) is 0 Å². The largest absolute Gasteiger partial charge is 0.493 e. The molecule has 1 aliphatic rings. The topological polar surface area (TPSA) is 95.0 Å². The second kappa shape index (κ2) is 12.8. The molecule has 1 saturated heterocycles. The Labute approximate surface area is 219 Å². The third-order valence-corrected chi connectivity index (χ3v) is 6.21. The molecule has 0 saturated carbocycles. The highest BCUT2D eigenvalue weighted by molar-refractivity contribution is 6.31. The van der Waals surface area contributed by atoms with Crippen LogP contribution >= 0.6 is 11.6 Å². The van der Waals surface area contributed by atoms with Crippen LogP contribution in [-0.4, -0.2) is 73.5 Å². The summed E-state index contributed by atoms with van der Waals surface area (Å²) in [4.78, 5) is 22.4. The fourth-order valence-electron chi connectivity index (χ4n) is 3.99. The van der Waals surface area contributed by atoms with Gasteiger partial charge in [0.15, 0.2) is 11.5 Å². The number of aromatic nitrogens is 2. The van der Waals surface area contributed by atoms with Gasteiger partial charge in [0.05, 0.1) is 30.9 Å². The quantitative estimate of drug-likeness (QED) is 0.281. The first kappa shape index (κ1) is 26.8. The van der Waals surface area contributed by atoms with E-state index in [9.17, 15) is 9.18 Å². The third kappa shape index (κ3) is 7.18. The molecule has 0 spiro atoms. The molecule has 11 heteroatoms. The highest BCUT2D eigenvalue weighted by Crippen LogP contribution is 2.35. The highest BCUT2D eigenvalue weighted by Gasteiger charge is 2.21. The minimum atomic E-state index is -0.493. The lowest BCUT2D eigenvalue weighted by atomic mass is 10.2. The molecular weight excluding hydrogens is 503 g/mol. The number of morpholine rings is 1. The van der Waals surface area contributed by atoms with E-state index in [1.54, 1.807) is 26.2 Å². The number of carbonyl (C=O) groups is 1. The van der Waals surface area contributed by atoms with Gasteiger partial charge in [0.2, 0.25) is 0 Å². The van der Waals surface area contributed by atoms with Crippen LogP contribution in [0.15, 0.2) is 36.7 Å². The van der Waals surface area contributed by atoms with E-state index in [-0.39, 0.29) is 23.7 Å². The van der Waals surface area contributed by atoms with Gasteiger partial charge in [0.1, 0.15) is 30.7 Å². The van der Waals surface area contributed by atoms with E-state index < -0.39 is 5.82 Å². The maximum absolute atomic E-state index is 13.5. The summed E-state index contributed by atoms with van der Waals surface area (Å²) in [6.45, 7) is 5.46. The zero-order chi connectivity index (χ0) is 26.2. The number of carbonyl (C=O) groups excluding carboxylic acids is 1. The average molecular weight is 533 g/mol. The summed E-state index contributed by atoms with van der Waals surface area (Å²) in [5, 5.41) is 3.90. The SMILES string of the molecule is CCC(=O)OC[C@@H]1CN(CCCOc2cc3c(Nc4ccc(F)c(Cl)c4)ncnc3cc2OC)CCO1. The normalized spacial score (nSPS) is 15.9. The average Bonchev–Trinajstić information content (AvgIpc) is 2.91. The second-order valence-electron chi connectivity index (χ2n) is 8.53. The summed E-state index contributed by atoms with van der Waals surface area (Å²) >= 11 is 5.92. The number of halogens is 2. The molecule has 4 rings (SSSR count). The second-order valence-corrected chi connectivity index (χ2v) is 8.94. The molecule has 0 aliphatic carbocycles. The van der Waals surface area contributed by atoms with E-state index in [1.165, 1.54) is 18.5 Å². The Morgan fingerprint density at radius 2 is 2.14 bits per heavy atom. The molecule has 9 nitrogen and oxygen atoms in total. The highest BCUT2D eigenvalue weighted by atomic mass is 35.5. The van der Waals surface area contributed by atoms with Gasteiger partial charge in [0, 0.05) is 43.2 Å². The molecule has 37 heavy (non-hydrogen) atoms. The summed E-state index contributed by atoms with van der Waals surface area (Å²) in [6, 6.07) is 7.99. The van der Waals surface area contributed by atoms with E-state index in [4.69, 9.17) is 30.5 Å². The van der Waals surface area contributed by atoms with Crippen LogP contribution in [0.2, 0.25) is 5.02 Å². The van der Waals surface area contributed by atoms with Crippen molar-refractivity contribution in [2.24, 2.45) is 0 Å². The molecule has 0 unspecified atom stereocenters. The lowest BCUT2D eigenvalue weighted by Crippen LogP contribution is -2.45. The molecule has 1 fully saturated rings. The minimum absolute atomic E-state index is 0.0163. The standard InChI is InChI=1S/C26H30ClFN4O5/c1-3-25(33)37-15-18-14-32(8-10-35-18)7-4-9-36-24-12-19-22(13-23(24)34-2)29-16-30-26(19)31-17-5-6-21(28)20(27)11-17/h5-6,11-13,16,18H,3-4,7-10,14-15H2,1-2H3,(H,29,30,31)/t18-/m0/s1. The zero-order valence-electron chi connectivity index (χ0n) is 20.8. The van der Waals surface area contributed by atoms with Crippen molar-refractivity contribution in [2.75, 3.05) is 51.9 Å². The molecule has 198 valence electrons. The van der Waals surface area contributed by atoms with Gasteiger partial charge < -0.3 is 24.3 Å². The number of hydrogen-bond acceptors (Lipinski definition) is 9. The summed E-state index contributed by atoms with van der Waals surface area (Å²) in [6.07, 6.45) is 2.46. The smallest absolute Gasteiger partial charge is 0.305 e. The van der Waals surface area contributed by atoms with Gasteiger partial charge in [0.25, 0.3) is 0 Å². The van der Waals surface area contributed by atoms with Crippen LogP contribution in [0.4, 0.5) is 15.9 Å². The Morgan fingerprint density at radius 1 is 1.27 bits per heavy atom. The fraction of sp³-hybridized carbons (Fsp3) is 0.423. The Morgan fingerprint density at radius 3 is 2.92 bits per heavy atom. The number of nitrogens with zero attached hydrogens (tertiary/aromatic N) is 3. The number of benzene rings is 2. The summed E-state index contributed by atoms with van der Waals surface area (Å²) in [7, 11) is 1.58. The van der Waals surface area contributed by atoms with Crippen molar-refractivity contribution in [3.05, 3.63) is 47.5 Å². The summed E-state index contributed by atoms with van der Waals surface area (Å²) < 4.78 is 36.1.